The summed E-state index contributed by atoms with van der Waals surface area (Å²) in [4.78, 5) is 26.5. The second-order valence-corrected chi connectivity index (χ2v) is 5.85. The Bertz CT molecular complexity index is 601. The quantitative estimate of drug-likeness (QED) is 0.537. The zero-order valence-corrected chi connectivity index (χ0v) is 13.8. The third-order valence-corrected chi connectivity index (χ3v) is 4.03. The van der Waals surface area contributed by atoms with Crippen LogP contribution in [0.2, 0.25) is 1.41 Å². The minimum absolute atomic E-state index is 0.179. The van der Waals surface area contributed by atoms with E-state index in [1.54, 1.807) is 0 Å². The van der Waals surface area contributed by atoms with Crippen LogP contribution in [0.25, 0.3) is 0 Å². The summed E-state index contributed by atoms with van der Waals surface area (Å²) in [6.45, 7) is 5.47. The first kappa shape index (κ1) is 17.0. The van der Waals surface area contributed by atoms with Gasteiger partial charge in [-0.05, 0) is 30.9 Å². The van der Waals surface area contributed by atoms with E-state index in [1.807, 2.05) is 43.8 Å². The largest absolute Gasteiger partial charge is 0.479 e. The van der Waals surface area contributed by atoms with Crippen molar-refractivity contribution >= 4 is 17.6 Å². The number of hydrogen-bond acceptors (Lipinski definition) is 4. The van der Waals surface area contributed by atoms with E-state index in [2.05, 4.69) is 12.1 Å². The number of amides is 1. The van der Waals surface area contributed by atoms with E-state index in [0.29, 0.717) is 0 Å². The molecule has 0 aliphatic carbocycles. The maximum absolute atomic E-state index is 11.2. The van der Waals surface area contributed by atoms with Gasteiger partial charge in [-0.1, -0.05) is 43.3 Å². The third kappa shape index (κ3) is 6.10. The summed E-state index contributed by atoms with van der Waals surface area (Å²) in [7, 11) is 0. The van der Waals surface area contributed by atoms with Crippen LogP contribution >= 0.6 is 0 Å². The second-order valence-electron chi connectivity index (χ2n) is 5.85. The molecule has 23 heavy (non-hydrogen) atoms. The van der Waals surface area contributed by atoms with Gasteiger partial charge in [-0.25, -0.2) is 4.79 Å². The van der Waals surface area contributed by atoms with Gasteiger partial charge in [0.25, 0.3) is 0 Å². The van der Waals surface area contributed by atoms with E-state index >= 15 is 0 Å². The molecule has 0 bridgehead atoms. The number of aliphatic carboxylic acids is 1. The van der Waals surface area contributed by atoms with Gasteiger partial charge in [-0.3, -0.25) is 4.79 Å². The highest BCUT2D eigenvalue weighted by molar-refractivity contribution is 5.87. The summed E-state index contributed by atoms with van der Waals surface area (Å²) >= 11 is 0. The van der Waals surface area contributed by atoms with Crippen LogP contribution < -0.4 is 5.73 Å². The molecule has 0 radical (unpaired) electrons. The normalized spacial score (nSPS) is 14.6. The summed E-state index contributed by atoms with van der Waals surface area (Å²) in [5.74, 6) is -1.41. The molecule has 1 amide bonds. The Labute approximate surface area is 137 Å². The lowest BCUT2D eigenvalue weighted by Gasteiger charge is -2.28. The van der Waals surface area contributed by atoms with Gasteiger partial charge in [0.1, 0.15) is 0 Å². The number of primary amides is 1. The van der Waals surface area contributed by atoms with Crippen LogP contribution in [0.3, 0.4) is 0 Å². The molecule has 126 valence electrons. The fraction of sp³-hybridized carbons (Fsp3) is 0.471. The van der Waals surface area contributed by atoms with Crippen LogP contribution in [0.15, 0.2) is 29.4 Å². The molecule has 0 saturated carbocycles. The molecule has 0 heterocycles. The van der Waals surface area contributed by atoms with E-state index < -0.39 is 12.6 Å². The molecule has 6 nitrogen and oxygen atoms in total. The number of carbonyl (C=O) groups excluding carboxylic acids is 1. The van der Waals surface area contributed by atoms with Gasteiger partial charge in [-0.15, -0.1) is 0 Å². The minimum Gasteiger partial charge on any atom is -0.479 e. The Balaban J connectivity index is 2.79. The summed E-state index contributed by atoms with van der Waals surface area (Å²) in [5.41, 5.74) is 4.28. The first-order valence-corrected chi connectivity index (χ1v) is 7.48. The molecule has 0 fully saturated rings. The van der Waals surface area contributed by atoms with Crippen molar-refractivity contribution < 1.29 is 20.9 Å². The van der Waals surface area contributed by atoms with Gasteiger partial charge in [0.2, 0.25) is 12.5 Å². The zero-order valence-electron chi connectivity index (χ0n) is 14.8. The second kappa shape index (κ2) is 8.31. The molecule has 0 aromatic heterocycles. The first-order chi connectivity index (χ1) is 11.3. The molecule has 6 heteroatoms. The standard InChI is InChI=1S/C17H24N2O4/c1-4-17(3,12(2)19-23-11-16(21)22)10-14-7-5-13(6-8-14)9-15(18)20/h5-8H,4,9-11H2,1-3H3,(H2,18,20)(H,21,22)/b19-12+/i/hD. The van der Waals surface area contributed by atoms with Gasteiger partial charge in [0.05, 0.1) is 12.1 Å². The minimum atomic E-state index is -1.06. The summed E-state index contributed by atoms with van der Waals surface area (Å²) < 4.78 is 6.81. The lowest BCUT2D eigenvalue weighted by Crippen LogP contribution is -2.28. The van der Waals surface area contributed by atoms with E-state index in [9.17, 15) is 9.59 Å². The molecular formula is C17H24N2O4. The predicted octanol–water partition coefficient (Wildman–Crippen LogP) is 2.15. The first-order valence-electron chi connectivity index (χ1n) is 7.98. The van der Waals surface area contributed by atoms with Crippen LogP contribution in [0.4, 0.5) is 0 Å². The molecule has 0 spiro atoms. The fourth-order valence-corrected chi connectivity index (χ4v) is 2.21. The highest BCUT2D eigenvalue weighted by Crippen LogP contribution is 2.29. The molecule has 1 unspecified atom stereocenters. The van der Waals surface area contributed by atoms with Crippen molar-refractivity contribution in [2.24, 2.45) is 16.3 Å². The number of hydrogen-bond donors (Lipinski definition) is 2. The Morgan fingerprint density at radius 3 is 2.48 bits per heavy atom. The summed E-state index contributed by atoms with van der Waals surface area (Å²) in [6, 6.07) is 7.64. The number of nitrogens with two attached hydrogens (primary N) is 1. The van der Waals surface area contributed by atoms with Crippen LogP contribution in [0, 0.1) is 5.41 Å². The molecule has 3 N–H and O–H groups in total. The third-order valence-electron chi connectivity index (χ3n) is 4.03. The number of carboxylic acids is 1. The number of rotatable bonds is 9. The van der Waals surface area contributed by atoms with Gasteiger partial charge < -0.3 is 15.7 Å². The van der Waals surface area contributed by atoms with E-state index in [0.717, 1.165) is 29.7 Å². The van der Waals surface area contributed by atoms with Crippen molar-refractivity contribution in [1.29, 1.82) is 0 Å². The number of benzene rings is 1. The topological polar surface area (TPSA) is 102 Å². The SMILES string of the molecule is [2H]NC(=O)Cc1ccc(CC(C)(CC)/C(C)=N/OCC(=O)O)cc1. The highest BCUT2D eigenvalue weighted by atomic mass is 16.6. The Morgan fingerprint density at radius 1 is 1.35 bits per heavy atom. The molecule has 1 aromatic carbocycles. The van der Waals surface area contributed by atoms with Crippen molar-refractivity contribution in [2.45, 2.75) is 40.0 Å². The number of carboxylic acid groups (broad SMARTS) is 1. The van der Waals surface area contributed by atoms with Gasteiger partial charge in [0.15, 0.2) is 1.41 Å². The van der Waals surface area contributed by atoms with Crippen molar-refractivity contribution in [1.82, 2.24) is 0 Å². The van der Waals surface area contributed by atoms with Gasteiger partial charge >= 0.3 is 5.97 Å². The molecule has 1 aromatic rings. The zero-order chi connectivity index (χ0) is 18.2. The average molecular weight is 321 g/mol. The molecule has 1 atom stereocenters. The van der Waals surface area contributed by atoms with Crippen molar-refractivity contribution in [3.05, 3.63) is 35.4 Å². The average Bonchev–Trinajstić information content (AvgIpc) is 2.55. The maximum atomic E-state index is 11.2. The van der Waals surface area contributed by atoms with E-state index in [1.165, 1.54) is 0 Å². The molecule has 1 rings (SSSR count). The Kier molecular flexibility index (Phi) is 6.14. The highest BCUT2D eigenvalue weighted by Gasteiger charge is 2.27. The van der Waals surface area contributed by atoms with Crippen LogP contribution in [0.1, 0.15) is 38.3 Å². The van der Waals surface area contributed by atoms with Crippen LogP contribution in [0.5, 0.6) is 0 Å². The lowest BCUT2D eigenvalue weighted by molar-refractivity contribution is -0.142. The smallest absolute Gasteiger partial charge is 0.344 e. The number of carbonyl (C=O) groups is 2. The van der Waals surface area contributed by atoms with Crippen molar-refractivity contribution in [3.8, 4) is 0 Å². The van der Waals surface area contributed by atoms with Crippen molar-refractivity contribution in [2.75, 3.05) is 6.61 Å². The van der Waals surface area contributed by atoms with Crippen molar-refractivity contribution in [3.63, 3.8) is 0 Å². The van der Waals surface area contributed by atoms with Crippen LogP contribution in [-0.2, 0) is 27.3 Å². The summed E-state index contributed by atoms with van der Waals surface area (Å²) in [5, 5.41) is 12.5. The maximum Gasteiger partial charge on any atom is 0.344 e. The number of nitrogens with zero attached hydrogens (tertiary/aromatic N) is 1. The predicted molar refractivity (Wildman–Crippen MR) is 88.1 cm³/mol. The molecular weight excluding hydrogens is 296 g/mol. The fourth-order valence-electron chi connectivity index (χ4n) is 2.21. The van der Waals surface area contributed by atoms with Gasteiger partial charge in [-0.2, -0.15) is 0 Å². The van der Waals surface area contributed by atoms with E-state index in [-0.39, 0.29) is 17.7 Å². The Morgan fingerprint density at radius 2 is 1.96 bits per heavy atom. The number of oxime groups is 1. The molecule has 0 aliphatic rings. The lowest BCUT2D eigenvalue weighted by atomic mass is 9.77. The molecule has 0 saturated heterocycles. The monoisotopic (exact) mass is 321 g/mol. The Hall–Kier alpha value is -2.37. The van der Waals surface area contributed by atoms with E-state index in [4.69, 9.17) is 11.4 Å². The van der Waals surface area contributed by atoms with Crippen LogP contribution in [-0.4, -0.2) is 29.3 Å². The molecule has 0 aliphatic heterocycles. The summed E-state index contributed by atoms with van der Waals surface area (Å²) in [6.07, 6.45) is 1.72. The van der Waals surface area contributed by atoms with Gasteiger partial charge in [0, 0.05) is 5.41 Å².